The molecule has 0 radical (unpaired) electrons. The summed E-state index contributed by atoms with van der Waals surface area (Å²) in [4.78, 5) is 83.8. The number of benzene rings is 6. The first-order chi connectivity index (χ1) is 51.9. The maximum Gasteiger partial charge on any atom is 0.306 e. The lowest BCUT2D eigenvalue weighted by molar-refractivity contribution is -0.174. The Labute approximate surface area is 712 Å². The zero-order chi connectivity index (χ0) is 76.4. The predicted molar refractivity (Wildman–Crippen MR) is 486 cm³/mol. The van der Waals surface area contributed by atoms with Crippen LogP contribution in [-0.4, -0.2) is 144 Å². The minimum Gasteiger partial charge on any atom is -0.465 e. The van der Waals surface area contributed by atoms with Gasteiger partial charge in [-0.3, -0.25) is 28.8 Å². The average Bonchev–Trinajstić information content (AvgIpc) is 0.838. The van der Waals surface area contributed by atoms with Gasteiger partial charge < -0.3 is 33.2 Å². The molecule has 6 aromatic rings. The molecule has 6 aromatic carbocycles. The molecular formula is C76H82O13S18. The molecule has 0 aliphatic carbocycles. The highest BCUT2D eigenvalue weighted by Crippen LogP contribution is 2.32. The highest BCUT2D eigenvalue weighted by atomic mass is 32.3. The summed E-state index contributed by atoms with van der Waals surface area (Å²) >= 11 is 50.9. The Balaban J connectivity index is 1.25. The summed E-state index contributed by atoms with van der Waals surface area (Å²) in [5.74, 6) is 1.89. The van der Waals surface area contributed by atoms with Crippen molar-refractivity contribution in [1.29, 1.82) is 0 Å². The summed E-state index contributed by atoms with van der Waals surface area (Å²) in [5.41, 5.74) is 3.35. The van der Waals surface area contributed by atoms with E-state index in [1.165, 1.54) is 141 Å². The summed E-state index contributed by atoms with van der Waals surface area (Å²) < 4.78 is 47.0. The molecule has 0 unspecified atom stereocenters. The predicted octanol–water partition coefficient (Wildman–Crippen LogP) is 20.3. The lowest BCUT2D eigenvalue weighted by Crippen LogP contribution is -2.47. The molecule has 572 valence electrons. The van der Waals surface area contributed by atoms with Gasteiger partial charge in [0.1, 0.15) is 60.8 Å². The minimum absolute atomic E-state index is 0.0677. The standard InChI is InChI=1S/C76H82O13S18/c77-63(31-37-96-69(90)102-43-57-19-7-1-8-20-57)84-51-75(52-85-64(78)32-38-97-70(91)103-44-58-21-9-2-10-22-58,53-86-65(79)33-39-98-71(92)104-45-59-23-11-3-12-24-59)49-83-50-76(54-87-66(80)34-40-99-72(93)105-46-60-25-13-4-14-26-60,55-88-67(81)35-41-100-73(94)106-47-61-27-15-5-16-28-61)56-89-68(82)36-42-101-74(95)107-48-62-29-17-6-18-30-62/h1-30H,31-56H2. The lowest BCUT2D eigenvalue weighted by Gasteiger charge is -2.35. The molecule has 13 nitrogen and oxygen atoms in total. The Kier molecular flexibility index (Phi) is 48.6. The number of hydrogen-bond donors (Lipinski definition) is 0. The Bertz CT molecular complexity index is 3110. The van der Waals surface area contributed by atoms with Crippen molar-refractivity contribution in [3.05, 3.63) is 215 Å². The van der Waals surface area contributed by atoms with Gasteiger partial charge in [0.05, 0.1) is 62.6 Å². The van der Waals surface area contributed by atoms with E-state index in [0.29, 0.717) is 55.7 Å². The number of thioether (sulfide) groups is 12. The summed E-state index contributed by atoms with van der Waals surface area (Å²) in [7, 11) is 0. The van der Waals surface area contributed by atoms with Crippen LogP contribution in [-0.2, 0) is 96.4 Å². The van der Waals surface area contributed by atoms with Gasteiger partial charge in [-0.05, 0) is 33.4 Å². The number of hydrogen-bond acceptors (Lipinski definition) is 31. The third-order valence-electron chi connectivity index (χ3n) is 14.4. The third kappa shape index (κ3) is 43.6. The first-order valence-corrected chi connectivity index (χ1v) is 47.7. The van der Waals surface area contributed by atoms with E-state index in [9.17, 15) is 28.8 Å². The van der Waals surface area contributed by atoms with E-state index in [4.69, 9.17) is 106 Å². The number of carbonyl (C=O) groups excluding carboxylic acids is 6. The zero-order valence-electron chi connectivity index (χ0n) is 58.4. The summed E-state index contributed by atoms with van der Waals surface area (Å²) in [6, 6.07) is 59.3. The second kappa shape index (κ2) is 56.1. The highest BCUT2D eigenvalue weighted by Gasteiger charge is 2.41. The van der Waals surface area contributed by atoms with Crippen LogP contribution in [0.4, 0.5) is 0 Å². The molecule has 0 aromatic heterocycles. The lowest BCUT2D eigenvalue weighted by atomic mass is 9.90. The number of carbonyl (C=O) groups is 6. The quantitative estimate of drug-likeness (QED) is 0.0201. The van der Waals surface area contributed by atoms with Crippen LogP contribution in [0.2, 0.25) is 0 Å². The second-order valence-corrected chi connectivity index (χ2v) is 42.8. The Morgan fingerprint density at radius 2 is 0.374 bits per heavy atom. The van der Waals surface area contributed by atoms with E-state index < -0.39 is 99.5 Å². The topological polar surface area (TPSA) is 167 Å². The molecule has 0 atom stereocenters. The molecule has 0 aliphatic rings. The van der Waals surface area contributed by atoms with Crippen LogP contribution in [0.3, 0.4) is 0 Å². The van der Waals surface area contributed by atoms with Gasteiger partial charge in [-0.15, -0.1) is 141 Å². The van der Waals surface area contributed by atoms with Crippen LogP contribution in [0, 0.1) is 10.8 Å². The van der Waals surface area contributed by atoms with Gasteiger partial charge in [0.25, 0.3) is 0 Å². The molecule has 0 fully saturated rings. The van der Waals surface area contributed by atoms with Crippen LogP contribution < -0.4 is 0 Å². The van der Waals surface area contributed by atoms with Crippen molar-refractivity contribution in [3.8, 4) is 0 Å². The Morgan fingerprint density at radius 1 is 0.224 bits per heavy atom. The van der Waals surface area contributed by atoms with Crippen molar-refractivity contribution >= 4 is 271 Å². The van der Waals surface area contributed by atoms with Gasteiger partial charge in [-0.2, -0.15) is 0 Å². The van der Waals surface area contributed by atoms with E-state index in [-0.39, 0.29) is 73.0 Å². The third-order valence-corrected chi connectivity index (χ3v) is 31.0. The molecule has 0 aliphatic heterocycles. The maximum atomic E-state index is 14.0. The fraction of sp³-hybridized carbons (Fsp3) is 0.368. The summed E-state index contributed by atoms with van der Waals surface area (Å²) in [6.45, 7) is -3.84. The van der Waals surface area contributed by atoms with Crippen molar-refractivity contribution in [2.45, 2.75) is 73.0 Å². The van der Waals surface area contributed by atoms with Crippen molar-refractivity contribution in [2.24, 2.45) is 10.8 Å². The van der Waals surface area contributed by atoms with Crippen LogP contribution >= 0.6 is 214 Å². The molecule has 31 heteroatoms. The number of ether oxygens (including phenoxy) is 7. The van der Waals surface area contributed by atoms with Crippen molar-refractivity contribution in [1.82, 2.24) is 0 Å². The van der Waals surface area contributed by atoms with Crippen LogP contribution in [0.1, 0.15) is 71.9 Å². The summed E-state index contributed by atoms with van der Waals surface area (Å²) in [5, 5.41) is 0. The van der Waals surface area contributed by atoms with E-state index in [1.54, 1.807) is 0 Å². The van der Waals surface area contributed by atoms with Crippen molar-refractivity contribution in [3.63, 3.8) is 0 Å². The van der Waals surface area contributed by atoms with E-state index in [2.05, 4.69) is 0 Å². The summed E-state index contributed by atoms with van der Waals surface area (Å²) in [6.07, 6.45) is -0.406. The molecule has 107 heavy (non-hydrogen) atoms. The number of rotatable bonds is 46. The normalized spacial score (nSPS) is 11.2. The van der Waals surface area contributed by atoms with Gasteiger partial charge in [-0.25, -0.2) is 0 Å². The highest BCUT2D eigenvalue weighted by molar-refractivity contribution is 8.49. The first kappa shape index (κ1) is 92.7. The minimum atomic E-state index is -1.62. The fourth-order valence-electron chi connectivity index (χ4n) is 8.67. The fourth-order valence-corrected chi connectivity index (χ4v) is 21.3. The SMILES string of the molecule is O=C(CCSC(=S)SCc1ccccc1)OCC(COCC(COC(=O)CCSC(=S)SCc1ccccc1)(COC(=O)CCSC(=S)SCc1ccccc1)COC(=O)CCSC(=S)SCc1ccccc1)(COC(=O)CCSC(=S)SCc1ccccc1)COC(=O)CCSC(=S)SCc1ccccc1. The van der Waals surface area contributed by atoms with E-state index in [0.717, 1.165) is 33.4 Å². The molecule has 0 heterocycles. The smallest absolute Gasteiger partial charge is 0.306 e. The zero-order valence-corrected chi connectivity index (χ0v) is 73.1. The average molecular weight is 1780 g/mol. The van der Waals surface area contributed by atoms with Gasteiger partial charge >= 0.3 is 35.8 Å². The van der Waals surface area contributed by atoms with E-state index in [1.807, 2.05) is 182 Å². The van der Waals surface area contributed by atoms with Crippen molar-refractivity contribution in [2.75, 3.05) is 87.4 Å². The number of esters is 6. The number of thiocarbonyl (C=S) groups is 6. The molecule has 0 N–H and O–H groups in total. The van der Waals surface area contributed by atoms with Gasteiger partial charge in [0.15, 0.2) is 0 Å². The van der Waals surface area contributed by atoms with Gasteiger partial charge in [0, 0.05) is 69.0 Å². The van der Waals surface area contributed by atoms with Crippen LogP contribution in [0.5, 0.6) is 0 Å². The van der Waals surface area contributed by atoms with Gasteiger partial charge in [-0.1, -0.05) is 255 Å². The largest absolute Gasteiger partial charge is 0.465 e. The molecule has 6 rings (SSSR count). The Hall–Kier alpha value is -3.16. The van der Waals surface area contributed by atoms with Crippen LogP contribution in [0.15, 0.2) is 182 Å². The monoisotopic (exact) mass is 1780 g/mol. The second-order valence-electron chi connectivity index (χ2n) is 23.2. The molecule has 0 saturated heterocycles. The van der Waals surface area contributed by atoms with Crippen molar-refractivity contribution < 1.29 is 61.9 Å². The molecule has 0 bridgehead atoms. The first-order valence-electron chi connectivity index (χ1n) is 33.4. The molecule has 0 saturated carbocycles. The molecule has 0 amide bonds. The maximum absolute atomic E-state index is 14.0. The van der Waals surface area contributed by atoms with E-state index >= 15 is 0 Å². The molecule has 0 spiro atoms. The van der Waals surface area contributed by atoms with Gasteiger partial charge in [0.2, 0.25) is 0 Å². The van der Waals surface area contributed by atoms with Crippen LogP contribution in [0.25, 0.3) is 0 Å². The Morgan fingerprint density at radius 3 is 0.523 bits per heavy atom. The molecular weight excluding hydrogens is 1700 g/mol.